The molecule has 118 valence electrons. The average Bonchev–Trinajstić information content (AvgIpc) is 2.44. The molecule has 1 aromatic carbocycles. The van der Waals surface area contributed by atoms with Crippen molar-refractivity contribution < 1.29 is 9.13 Å². The number of hydrogen-bond acceptors (Lipinski definition) is 3. The van der Waals surface area contributed by atoms with Crippen molar-refractivity contribution in [3.63, 3.8) is 0 Å². The van der Waals surface area contributed by atoms with Crippen LogP contribution in [-0.2, 0) is 11.3 Å². The minimum Gasteiger partial charge on any atom is -0.375 e. The Balaban J connectivity index is 2.17. The van der Waals surface area contributed by atoms with Crippen LogP contribution in [0.2, 0.25) is 0 Å². The Kier molecular flexibility index (Phi) is 5.22. The summed E-state index contributed by atoms with van der Waals surface area (Å²) in [4.78, 5) is 2.32. The maximum atomic E-state index is 13.6. The predicted molar refractivity (Wildman–Crippen MR) is 85.2 cm³/mol. The zero-order valence-corrected chi connectivity index (χ0v) is 13.6. The van der Waals surface area contributed by atoms with Crippen LogP contribution in [0.15, 0.2) is 18.2 Å². The molecule has 1 saturated heterocycles. The first-order valence-corrected chi connectivity index (χ1v) is 7.79. The monoisotopic (exact) mass is 294 g/mol. The summed E-state index contributed by atoms with van der Waals surface area (Å²) in [5.41, 5.74) is 2.15. The number of hydrogen-bond donors (Lipinski definition) is 1. The van der Waals surface area contributed by atoms with Crippen LogP contribution in [-0.4, -0.2) is 31.3 Å². The van der Waals surface area contributed by atoms with Crippen molar-refractivity contribution in [3.05, 3.63) is 29.6 Å². The fourth-order valence-electron chi connectivity index (χ4n) is 2.55. The van der Waals surface area contributed by atoms with E-state index in [4.69, 9.17) is 4.74 Å². The van der Waals surface area contributed by atoms with Gasteiger partial charge in [-0.05, 0) is 51.0 Å². The first-order chi connectivity index (χ1) is 9.89. The molecule has 1 heterocycles. The quantitative estimate of drug-likeness (QED) is 0.922. The standard InChI is InChI=1S/C17H27FN2O/c1-5-15-12-20(8-9-21-15)16-7-6-14(18)10-13(16)11-19-17(2,3)4/h6-7,10,15,19H,5,8-9,11-12H2,1-4H3. The fraction of sp³-hybridized carbons (Fsp3) is 0.647. The molecule has 0 amide bonds. The average molecular weight is 294 g/mol. The number of anilines is 1. The molecule has 0 bridgehead atoms. The first-order valence-electron chi connectivity index (χ1n) is 7.79. The second-order valence-electron chi connectivity index (χ2n) is 6.72. The van der Waals surface area contributed by atoms with E-state index in [1.165, 1.54) is 0 Å². The van der Waals surface area contributed by atoms with Crippen LogP contribution in [0, 0.1) is 5.82 Å². The van der Waals surface area contributed by atoms with E-state index in [2.05, 4.69) is 37.9 Å². The zero-order valence-electron chi connectivity index (χ0n) is 13.6. The molecule has 1 atom stereocenters. The van der Waals surface area contributed by atoms with Crippen molar-refractivity contribution in [3.8, 4) is 0 Å². The van der Waals surface area contributed by atoms with Crippen molar-refractivity contribution in [2.24, 2.45) is 0 Å². The Hall–Kier alpha value is -1.13. The van der Waals surface area contributed by atoms with Crippen molar-refractivity contribution >= 4 is 5.69 Å². The van der Waals surface area contributed by atoms with Crippen LogP contribution < -0.4 is 10.2 Å². The number of nitrogens with zero attached hydrogens (tertiary/aromatic N) is 1. The summed E-state index contributed by atoms with van der Waals surface area (Å²) in [6.07, 6.45) is 1.28. The molecule has 3 nitrogen and oxygen atoms in total. The summed E-state index contributed by atoms with van der Waals surface area (Å²) in [5, 5.41) is 3.45. The lowest BCUT2D eigenvalue weighted by atomic mass is 10.1. The zero-order chi connectivity index (χ0) is 15.5. The van der Waals surface area contributed by atoms with Gasteiger partial charge in [0.15, 0.2) is 0 Å². The van der Waals surface area contributed by atoms with Gasteiger partial charge in [0.1, 0.15) is 5.82 Å². The van der Waals surface area contributed by atoms with E-state index in [0.717, 1.165) is 37.4 Å². The van der Waals surface area contributed by atoms with E-state index in [0.29, 0.717) is 6.54 Å². The lowest BCUT2D eigenvalue weighted by Crippen LogP contribution is -2.43. The molecule has 1 aromatic rings. The highest BCUT2D eigenvalue weighted by Crippen LogP contribution is 2.25. The highest BCUT2D eigenvalue weighted by Gasteiger charge is 2.21. The first kappa shape index (κ1) is 16.2. The molecule has 1 aliphatic rings. The number of benzene rings is 1. The van der Waals surface area contributed by atoms with Crippen LogP contribution in [0.3, 0.4) is 0 Å². The number of rotatable bonds is 4. The maximum Gasteiger partial charge on any atom is 0.123 e. The third kappa shape index (κ3) is 4.68. The van der Waals surface area contributed by atoms with Gasteiger partial charge in [-0.3, -0.25) is 0 Å². The second-order valence-corrected chi connectivity index (χ2v) is 6.72. The third-order valence-electron chi connectivity index (χ3n) is 3.79. The van der Waals surface area contributed by atoms with E-state index < -0.39 is 0 Å². The predicted octanol–water partition coefficient (Wildman–Crippen LogP) is 3.33. The van der Waals surface area contributed by atoms with Gasteiger partial charge >= 0.3 is 0 Å². The molecular formula is C17H27FN2O. The Labute approximate surface area is 127 Å². The van der Waals surface area contributed by atoms with Crippen molar-refractivity contribution in [2.45, 2.75) is 52.3 Å². The smallest absolute Gasteiger partial charge is 0.123 e. The van der Waals surface area contributed by atoms with Gasteiger partial charge in [0.05, 0.1) is 12.7 Å². The molecule has 2 rings (SSSR count). The van der Waals surface area contributed by atoms with E-state index in [9.17, 15) is 4.39 Å². The Morgan fingerprint density at radius 1 is 1.38 bits per heavy atom. The maximum absolute atomic E-state index is 13.6. The molecule has 1 aliphatic heterocycles. The summed E-state index contributed by atoms with van der Waals surface area (Å²) >= 11 is 0. The van der Waals surface area contributed by atoms with Gasteiger partial charge in [0, 0.05) is 30.9 Å². The molecule has 0 spiro atoms. The normalized spacial score (nSPS) is 19.9. The van der Waals surface area contributed by atoms with Crippen molar-refractivity contribution in [1.29, 1.82) is 0 Å². The van der Waals surface area contributed by atoms with Crippen LogP contribution in [0.1, 0.15) is 39.7 Å². The number of nitrogens with one attached hydrogen (secondary N) is 1. The minimum absolute atomic E-state index is 0.0144. The number of morpholine rings is 1. The molecule has 1 unspecified atom stereocenters. The van der Waals surface area contributed by atoms with E-state index >= 15 is 0 Å². The van der Waals surface area contributed by atoms with Gasteiger partial charge in [-0.1, -0.05) is 6.92 Å². The molecule has 0 saturated carbocycles. The van der Waals surface area contributed by atoms with E-state index in [-0.39, 0.29) is 17.5 Å². The van der Waals surface area contributed by atoms with Gasteiger partial charge in [-0.15, -0.1) is 0 Å². The summed E-state index contributed by atoms with van der Waals surface area (Å²) in [7, 11) is 0. The number of ether oxygens (including phenoxy) is 1. The SMILES string of the molecule is CCC1CN(c2ccc(F)cc2CNC(C)(C)C)CCO1. The van der Waals surface area contributed by atoms with E-state index in [1.807, 2.05) is 6.07 Å². The van der Waals surface area contributed by atoms with Gasteiger partial charge in [0.2, 0.25) is 0 Å². The van der Waals surface area contributed by atoms with Crippen LogP contribution in [0.25, 0.3) is 0 Å². The van der Waals surface area contributed by atoms with Crippen LogP contribution >= 0.6 is 0 Å². The van der Waals surface area contributed by atoms with E-state index in [1.54, 1.807) is 12.1 Å². The third-order valence-corrected chi connectivity index (χ3v) is 3.79. The lowest BCUT2D eigenvalue weighted by Gasteiger charge is -2.35. The van der Waals surface area contributed by atoms with Gasteiger partial charge in [-0.2, -0.15) is 0 Å². The molecule has 4 heteroatoms. The molecule has 0 aliphatic carbocycles. The van der Waals surface area contributed by atoms with Crippen LogP contribution in [0.4, 0.5) is 10.1 Å². The molecule has 1 fully saturated rings. The Morgan fingerprint density at radius 3 is 2.81 bits per heavy atom. The highest BCUT2D eigenvalue weighted by atomic mass is 19.1. The number of halogens is 1. The molecule has 0 radical (unpaired) electrons. The second kappa shape index (κ2) is 6.75. The van der Waals surface area contributed by atoms with Crippen LogP contribution in [0.5, 0.6) is 0 Å². The molecule has 1 N–H and O–H groups in total. The van der Waals surface area contributed by atoms with Crippen molar-refractivity contribution in [1.82, 2.24) is 5.32 Å². The Morgan fingerprint density at radius 2 is 2.14 bits per heavy atom. The molecule has 0 aromatic heterocycles. The fourth-order valence-corrected chi connectivity index (χ4v) is 2.55. The Bertz CT molecular complexity index is 470. The lowest BCUT2D eigenvalue weighted by molar-refractivity contribution is 0.0383. The summed E-state index contributed by atoms with van der Waals surface area (Å²) in [6, 6.07) is 5.09. The summed E-state index contributed by atoms with van der Waals surface area (Å²) in [5.74, 6) is -0.176. The van der Waals surface area contributed by atoms with Gasteiger partial charge < -0.3 is 15.0 Å². The minimum atomic E-state index is -0.176. The molecule has 21 heavy (non-hydrogen) atoms. The van der Waals surface area contributed by atoms with Gasteiger partial charge in [-0.25, -0.2) is 4.39 Å². The summed E-state index contributed by atoms with van der Waals surface area (Å²) < 4.78 is 19.3. The highest BCUT2D eigenvalue weighted by molar-refractivity contribution is 5.54. The largest absolute Gasteiger partial charge is 0.375 e. The van der Waals surface area contributed by atoms with Crippen molar-refractivity contribution in [2.75, 3.05) is 24.6 Å². The topological polar surface area (TPSA) is 24.5 Å². The van der Waals surface area contributed by atoms with Gasteiger partial charge in [0.25, 0.3) is 0 Å². The molecular weight excluding hydrogens is 267 g/mol. The summed E-state index contributed by atoms with van der Waals surface area (Å²) in [6.45, 7) is 11.7.